The van der Waals surface area contributed by atoms with E-state index in [9.17, 15) is 9.18 Å². The van der Waals surface area contributed by atoms with E-state index in [1.54, 1.807) is 0 Å². The normalized spacial score (nSPS) is 22.9. The van der Waals surface area contributed by atoms with E-state index in [-0.39, 0.29) is 23.4 Å². The summed E-state index contributed by atoms with van der Waals surface area (Å²) in [5.74, 6) is 1.38. The third-order valence-corrected chi connectivity index (χ3v) is 7.31. The maximum atomic E-state index is 13.5. The molecule has 0 unspecified atom stereocenters. The fourth-order valence-corrected chi connectivity index (χ4v) is 5.00. The first kappa shape index (κ1) is 21.3. The number of nitrogens with zero attached hydrogens (tertiary/aromatic N) is 2. The van der Waals surface area contributed by atoms with E-state index < -0.39 is 0 Å². The smallest absolute Gasteiger partial charge is 0.318 e. The molecule has 1 spiro atoms. The highest BCUT2D eigenvalue weighted by Crippen LogP contribution is 2.36. The predicted molar refractivity (Wildman–Crippen MR) is 122 cm³/mol. The molecule has 1 saturated carbocycles. The molecular formula is C26H32FN3O2. The van der Waals surface area contributed by atoms with Crippen molar-refractivity contribution in [2.45, 2.75) is 50.2 Å². The van der Waals surface area contributed by atoms with Crippen molar-refractivity contribution in [2.24, 2.45) is 5.92 Å². The summed E-state index contributed by atoms with van der Waals surface area (Å²) in [6.07, 6.45) is 5.10. The Kier molecular flexibility index (Phi) is 5.80. The van der Waals surface area contributed by atoms with Gasteiger partial charge in [0.2, 0.25) is 0 Å². The first-order valence-electron chi connectivity index (χ1n) is 11.7. The zero-order valence-electron chi connectivity index (χ0n) is 18.7. The molecule has 2 heterocycles. The van der Waals surface area contributed by atoms with Crippen LogP contribution in [0.15, 0.2) is 48.5 Å². The number of ether oxygens (including phenoxy) is 1. The van der Waals surface area contributed by atoms with Crippen molar-refractivity contribution in [3.63, 3.8) is 0 Å². The summed E-state index contributed by atoms with van der Waals surface area (Å²) in [5, 5.41) is 3.35. The van der Waals surface area contributed by atoms with Gasteiger partial charge in [-0.3, -0.25) is 0 Å². The molecule has 5 rings (SSSR count). The minimum Gasteiger partial charge on any atom is -0.493 e. The van der Waals surface area contributed by atoms with Crippen molar-refractivity contribution in [1.82, 2.24) is 15.1 Å². The number of hydrogen-bond acceptors (Lipinski definition) is 3. The minimum atomic E-state index is -0.245. The van der Waals surface area contributed by atoms with Gasteiger partial charge in [-0.25, -0.2) is 9.18 Å². The van der Waals surface area contributed by atoms with Crippen LogP contribution in [-0.2, 0) is 13.0 Å². The molecule has 2 aliphatic heterocycles. The van der Waals surface area contributed by atoms with Crippen molar-refractivity contribution in [1.29, 1.82) is 0 Å². The Morgan fingerprint density at radius 1 is 1.03 bits per heavy atom. The quantitative estimate of drug-likeness (QED) is 0.706. The molecule has 6 heteroatoms. The predicted octanol–water partition coefficient (Wildman–Crippen LogP) is 4.22. The van der Waals surface area contributed by atoms with E-state index in [2.05, 4.69) is 29.4 Å². The van der Waals surface area contributed by atoms with Gasteiger partial charge >= 0.3 is 6.03 Å². The molecule has 2 aromatic carbocycles. The van der Waals surface area contributed by atoms with Crippen molar-refractivity contribution in [3.05, 3.63) is 65.5 Å². The summed E-state index contributed by atoms with van der Waals surface area (Å²) < 4.78 is 19.3. The van der Waals surface area contributed by atoms with Gasteiger partial charge in [-0.1, -0.05) is 24.3 Å². The van der Waals surface area contributed by atoms with Gasteiger partial charge in [-0.05, 0) is 80.5 Å². The summed E-state index contributed by atoms with van der Waals surface area (Å²) in [5.41, 5.74) is 1.90. The van der Waals surface area contributed by atoms with E-state index >= 15 is 0 Å². The third kappa shape index (κ3) is 4.60. The molecule has 3 aliphatic rings. The van der Waals surface area contributed by atoms with Crippen molar-refractivity contribution in [3.8, 4) is 5.75 Å². The maximum Gasteiger partial charge on any atom is 0.318 e. The number of halogens is 1. The van der Waals surface area contributed by atoms with Gasteiger partial charge < -0.3 is 19.9 Å². The summed E-state index contributed by atoms with van der Waals surface area (Å²) in [6, 6.07) is 14.8. The Balaban J connectivity index is 1.34. The van der Waals surface area contributed by atoms with Crippen LogP contribution in [0.2, 0.25) is 0 Å². The van der Waals surface area contributed by atoms with Crippen LogP contribution in [0.1, 0.15) is 36.8 Å². The monoisotopic (exact) mass is 437 g/mol. The van der Waals surface area contributed by atoms with Gasteiger partial charge in [0.15, 0.2) is 0 Å². The molecule has 1 aliphatic carbocycles. The topological polar surface area (TPSA) is 44.8 Å². The third-order valence-electron chi connectivity index (χ3n) is 7.31. The van der Waals surface area contributed by atoms with Crippen LogP contribution in [0.5, 0.6) is 5.75 Å². The van der Waals surface area contributed by atoms with Crippen LogP contribution in [0.4, 0.5) is 9.18 Å². The van der Waals surface area contributed by atoms with Gasteiger partial charge in [0.05, 0.1) is 18.2 Å². The highest BCUT2D eigenvalue weighted by Gasteiger charge is 2.51. The highest BCUT2D eigenvalue weighted by molar-refractivity contribution is 5.79. The van der Waals surface area contributed by atoms with Crippen LogP contribution in [0.3, 0.4) is 0 Å². The summed E-state index contributed by atoms with van der Waals surface area (Å²) in [7, 11) is 2.13. The highest BCUT2D eigenvalue weighted by atomic mass is 19.1. The molecule has 1 N–H and O–H groups in total. The van der Waals surface area contributed by atoms with Gasteiger partial charge in [-0.15, -0.1) is 0 Å². The first-order chi connectivity index (χ1) is 15.5. The van der Waals surface area contributed by atoms with E-state index in [0.29, 0.717) is 13.0 Å². The molecule has 1 atom stereocenters. The number of piperidine rings is 1. The number of rotatable bonds is 7. The van der Waals surface area contributed by atoms with Gasteiger partial charge in [0, 0.05) is 19.6 Å². The number of benzene rings is 2. The Morgan fingerprint density at radius 3 is 2.34 bits per heavy atom. The number of hydrogen-bond donors (Lipinski definition) is 1. The lowest BCUT2D eigenvalue weighted by molar-refractivity contribution is 0.123. The number of carbonyl (C=O) groups excluding carboxylic acids is 1. The lowest BCUT2D eigenvalue weighted by Crippen LogP contribution is -2.56. The van der Waals surface area contributed by atoms with E-state index in [1.165, 1.54) is 25.0 Å². The summed E-state index contributed by atoms with van der Waals surface area (Å²) >= 11 is 0. The number of likely N-dealkylation sites (tertiary alicyclic amines) is 1. The summed E-state index contributed by atoms with van der Waals surface area (Å²) in [4.78, 5) is 17.5. The molecule has 0 aromatic heterocycles. The number of urea groups is 1. The molecular weight excluding hydrogens is 405 g/mol. The average Bonchev–Trinajstić information content (AvgIpc) is 3.59. The molecule has 2 amide bonds. The van der Waals surface area contributed by atoms with Crippen molar-refractivity contribution >= 4 is 6.03 Å². The standard InChI is InChI=1S/C26H32FN3O2/c1-29-14-12-26(13-15-29)24(16-19-4-8-22(27)9-5-19)30(25(31)28-26)17-20-6-10-23(11-7-20)32-18-21-2-3-21/h4-11,21,24H,2-3,12-18H2,1H3,(H,28,31)/t24-/m0/s1. The van der Waals surface area contributed by atoms with E-state index in [1.807, 2.05) is 29.2 Å². The molecule has 3 fully saturated rings. The van der Waals surface area contributed by atoms with E-state index in [0.717, 1.165) is 55.3 Å². The minimum absolute atomic E-state index is 0.00396. The maximum absolute atomic E-state index is 13.5. The molecule has 170 valence electrons. The van der Waals surface area contributed by atoms with Gasteiger partial charge in [0.1, 0.15) is 11.6 Å². The fraction of sp³-hybridized carbons (Fsp3) is 0.500. The van der Waals surface area contributed by atoms with E-state index in [4.69, 9.17) is 4.74 Å². The molecule has 0 bridgehead atoms. The second-order valence-corrected chi connectivity index (χ2v) is 9.76. The Hall–Kier alpha value is -2.60. The zero-order valence-corrected chi connectivity index (χ0v) is 18.7. The molecule has 5 nitrogen and oxygen atoms in total. The molecule has 0 radical (unpaired) electrons. The molecule has 32 heavy (non-hydrogen) atoms. The number of nitrogens with one attached hydrogen (secondary N) is 1. The first-order valence-corrected chi connectivity index (χ1v) is 11.7. The zero-order chi connectivity index (χ0) is 22.1. The lowest BCUT2D eigenvalue weighted by Gasteiger charge is -2.42. The Bertz CT molecular complexity index is 935. The number of amides is 2. The van der Waals surface area contributed by atoms with Gasteiger partial charge in [0.25, 0.3) is 0 Å². The molecule has 2 aromatic rings. The van der Waals surface area contributed by atoms with Crippen LogP contribution >= 0.6 is 0 Å². The van der Waals surface area contributed by atoms with Crippen molar-refractivity contribution in [2.75, 3.05) is 26.7 Å². The molecule has 2 saturated heterocycles. The second-order valence-electron chi connectivity index (χ2n) is 9.76. The van der Waals surface area contributed by atoms with Gasteiger partial charge in [-0.2, -0.15) is 0 Å². The Morgan fingerprint density at radius 2 is 1.69 bits per heavy atom. The largest absolute Gasteiger partial charge is 0.493 e. The van der Waals surface area contributed by atoms with Crippen LogP contribution < -0.4 is 10.1 Å². The van der Waals surface area contributed by atoms with Crippen LogP contribution in [0.25, 0.3) is 0 Å². The Labute approximate surface area is 189 Å². The number of carbonyl (C=O) groups is 1. The van der Waals surface area contributed by atoms with Crippen LogP contribution in [-0.4, -0.2) is 54.2 Å². The SMILES string of the molecule is CN1CCC2(CC1)NC(=O)N(Cc1ccc(OCC3CC3)cc1)[C@H]2Cc1ccc(F)cc1. The fourth-order valence-electron chi connectivity index (χ4n) is 5.00. The lowest BCUT2D eigenvalue weighted by atomic mass is 9.79. The van der Waals surface area contributed by atoms with Crippen molar-refractivity contribution < 1.29 is 13.9 Å². The summed E-state index contributed by atoms with van der Waals surface area (Å²) in [6.45, 7) is 3.27. The average molecular weight is 438 g/mol. The second kappa shape index (κ2) is 8.74. The van der Waals surface area contributed by atoms with Crippen LogP contribution in [0, 0.1) is 11.7 Å².